The molecule has 0 spiro atoms. The Morgan fingerprint density at radius 3 is 2.44 bits per heavy atom. The first-order valence-electron chi connectivity index (χ1n) is 11.6. The molecule has 0 amide bonds. The molecule has 2 aromatic carbocycles. The molecular formula is C27H28N2O6S. The number of aromatic nitrogens is 1. The number of allylic oxidation sites excluding steroid dienone is 1. The number of carbonyl (C=O) groups is 1. The molecule has 1 aliphatic heterocycles. The van der Waals surface area contributed by atoms with Gasteiger partial charge in [-0.05, 0) is 62.2 Å². The van der Waals surface area contributed by atoms with Gasteiger partial charge in [0, 0.05) is 0 Å². The van der Waals surface area contributed by atoms with E-state index in [1.807, 2.05) is 43.3 Å². The number of hydrogen-bond acceptors (Lipinski definition) is 8. The summed E-state index contributed by atoms with van der Waals surface area (Å²) < 4.78 is 23.8. The maximum Gasteiger partial charge on any atom is 0.338 e. The molecule has 4 rings (SSSR count). The molecule has 2 heterocycles. The molecule has 0 radical (unpaired) electrons. The van der Waals surface area contributed by atoms with Gasteiger partial charge in [-0.25, -0.2) is 9.79 Å². The van der Waals surface area contributed by atoms with E-state index in [1.54, 1.807) is 44.8 Å². The zero-order chi connectivity index (χ0) is 25.8. The standard InChI is InChI=1S/C27H28N2O6S/c1-6-34-21-15-18(10-13-20(21)33-5)24-23(26(31)35-7-2)16(3)28-27-29(24)25(30)22(36-27)14-17-8-11-19(32-4)12-9-17/h8-15,24H,6-7H2,1-5H3/b22-14+. The average molecular weight is 509 g/mol. The topological polar surface area (TPSA) is 88.4 Å². The highest BCUT2D eigenvalue weighted by Crippen LogP contribution is 2.36. The number of rotatable bonds is 8. The monoisotopic (exact) mass is 508 g/mol. The molecule has 1 atom stereocenters. The molecule has 9 heteroatoms. The van der Waals surface area contributed by atoms with E-state index in [2.05, 4.69) is 4.99 Å². The Labute approximate surface area is 212 Å². The van der Waals surface area contributed by atoms with E-state index in [0.29, 0.717) is 44.3 Å². The Morgan fingerprint density at radius 1 is 1.06 bits per heavy atom. The lowest BCUT2D eigenvalue weighted by molar-refractivity contribution is -0.139. The van der Waals surface area contributed by atoms with Crippen molar-refractivity contribution >= 4 is 23.4 Å². The van der Waals surface area contributed by atoms with Crippen LogP contribution in [-0.4, -0.2) is 38.0 Å². The molecule has 188 valence electrons. The minimum absolute atomic E-state index is 0.205. The zero-order valence-electron chi connectivity index (χ0n) is 20.9. The quantitative estimate of drug-likeness (QED) is 0.434. The van der Waals surface area contributed by atoms with Gasteiger partial charge < -0.3 is 18.9 Å². The van der Waals surface area contributed by atoms with Crippen LogP contribution >= 0.6 is 11.3 Å². The van der Waals surface area contributed by atoms with Gasteiger partial charge in [-0.3, -0.25) is 9.36 Å². The lowest BCUT2D eigenvalue weighted by Crippen LogP contribution is -2.40. The Kier molecular flexibility index (Phi) is 7.59. The summed E-state index contributed by atoms with van der Waals surface area (Å²) in [5.41, 5.74) is 2.11. The first kappa shape index (κ1) is 25.2. The van der Waals surface area contributed by atoms with Gasteiger partial charge in [-0.2, -0.15) is 0 Å². The lowest BCUT2D eigenvalue weighted by atomic mass is 9.95. The van der Waals surface area contributed by atoms with Gasteiger partial charge in [0.05, 0.1) is 49.3 Å². The van der Waals surface area contributed by atoms with E-state index >= 15 is 0 Å². The fraction of sp³-hybridized carbons (Fsp3) is 0.296. The van der Waals surface area contributed by atoms with Gasteiger partial charge >= 0.3 is 5.97 Å². The largest absolute Gasteiger partial charge is 0.497 e. The van der Waals surface area contributed by atoms with Crippen LogP contribution in [0.15, 0.2) is 63.5 Å². The van der Waals surface area contributed by atoms with Crippen LogP contribution in [0, 0.1) is 0 Å². The Hall–Kier alpha value is -3.85. The van der Waals surface area contributed by atoms with Crippen LogP contribution in [0.2, 0.25) is 0 Å². The number of ether oxygens (including phenoxy) is 4. The summed E-state index contributed by atoms with van der Waals surface area (Å²) in [7, 11) is 3.17. The lowest BCUT2D eigenvalue weighted by Gasteiger charge is -2.25. The van der Waals surface area contributed by atoms with E-state index in [4.69, 9.17) is 18.9 Å². The van der Waals surface area contributed by atoms with Crippen molar-refractivity contribution in [3.8, 4) is 17.2 Å². The van der Waals surface area contributed by atoms with Gasteiger partial charge in [0.15, 0.2) is 16.3 Å². The second-order valence-corrected chi connectivity index (χ2v) is 8.93. The van der Waals surface area contributed by atoms with E-state index in [0.717, 1.165) is 11.3 Å². The van der Waals surface area contributed by atoms with Gasteiger partial charge in [0.25, 0.3) is 5.56 Å². The van der Waals surface area contributed by atoms with Crippen molar-refractivity contribution in [2.75, 3.05) is 27.4 Å². The average Bonchev–Trinajstić information content (AvgIpc) is 3.18. The SMILES string of the molecule is CCOC(=O)C1=C(C)N=c2s/c(=C/c3ccc(OC)cc3)c(=O)n2C1c1ccc(OC)c(OCC)c1. The number of benzene rings is 2. The van der Waals surface area contributed by atoms with E-state index in [-0.39, 0.29) is 12.2 Å². The van der Waals surface area contributed by atoms with Crippen LogP contribution in [0.4, 0.5) is 0 Å². The summed E-state index contributed by atoms with van der Waals surface area (Å²) in [4.78, 5) is 31.9. The fourth-order valence-electron chi connectivity index (χ4n) is 4.09. The number of esters is 1. The summed E-state index contributed by atoms with van der Waals surface area (Å²) in [5, 5.41) is 0. The highest BCUT2D eigenvalue weighted by molar-refractivity contribution is 7.07. The van der Waals surface area contributed by atoms with Gasteiger partial charge in [-0.15, -0.1) is 0 Å². The third-order valence-corrected chi connectivity index (χ3v) is 6.72. The van der Waals surface area contributed by atoms with Crippen molar-refractivity contribution in [3.63, 3.8) is 0 Å². The predicted octanol–water partition coefficient (Wildman–Crippen LogP) is 3.21. The smallest absolute Gasteiger partial charge is 0.338 e. The van der Waals surface area contributed by atoms with Crippen LogP contribution in [0.25, 0.3) is 6.08 Å². The van der Waals surface area contributed by atoms with Crippen LogP contribution in [0.3, 0.4) is 0 Å². The summed E-state index contributed by atoms with van der Waals surface area (Å²) >= 11 is 1.27. The van der Waals surface area contributed by atoms with Crippen LogP contribution in [0.5, 0.6) is 17.2 Å². The van der Waals surface area contributed by atoms with E-state index in [1.165, 1.54) is 11.3 Å². The van der Waals surface area contributed by atoms with Gasteiger partial charge in [0.2, 0.25) is 0 Å². The van der Waals surface area contributed by atoms with Crippen LogP contribution in [0.1, 0.15) is 37.9 Å². The van der Waals surface area contributed by atoms with Crippen molar-refractivity contribution in [1.82, 2.24) is 4.57 Å². The fourth-order valence-corrected chi connectivity index (χ4v) is 5.14. The normalized spacial score (nSPS) is 15.2. The molecule has 1 aromatic heterocycles. The molecule has 3 aromatic rings. The predicted molar refractivity (Wildman–Crippen MR) is 138 cm³/mol. The highest BCUT2D eigenvalue weighted by Gasteiger charge is 2.33. The maximum absolute atomic E-state index is 13.7. The second-order valence-electron chi connectivity index (χ2n) is 7.92. The van der Waals surface area contributed by atoms with Gasteiger partial charge in [0.1, 0.15) is 5.75 Å². The summed E-state index contributed by atoms with van der Waals surface area (Å²) in [6, 6.07) is 12.1. The third-order valence-electron chi connectivity index (χ3n) is 5.73. The summed E-state index contributed by atoms with van der Waals surface area (Å²) in [5.74, 6) is 1.30. The van der Waals surface area contributed by atoms with E-state index < -0.39 is 12.0 Å². The number of thiazole rings is 1. The summed E-state index contributed by atoms with van der Waals surface area (Å²) in [6.45, 7) is 6.02. The molecule has 0 N–H and O–H groups in total. The number of carbonyl (C=O) groups excluding carboxylic acids is 1. The van der Waals surface area contributed by atoms with Gasteiger partial charge in [-0.1, -0.05) is 29.5 Å². The minimum Gasteiger partial charge on any atom is -0.497 e. The molecular weight excluding hydrogens is 480 g/mol. The van der Waals surface area contributed by atoms with Crippen molar-refractivity contribution in [3.05, 3.63) is 84.5 Å². The molecule has 8 nitrogen and oxygen atoms in total. The van der Waals surface area contributed by atoms with Crippen LogP contribution < -0.4 is 29.1 Å². The molecule has 0 saturated carbocycles. The maximum atomic E-state index is 13.7. The third kappa shape index (κ3) is 4.79. The number of methoxy groups -OCH3 is 2. The second kappa shape index (κ2) is 10.8. The molecule has 0 bridgehead atoms. The first-order valence-corrected chi connectivity index (χ1v) is 12.4. The Balaban J connectivity index is 1.93. The summed E-state index contributed by atoms with van der Waals surface area (Å²) in [6.07, 6.45) is 1.81. The van der Waals surface area contributed by atoms with E-state index in [9.17, 15) is 9.59 Å². The molecule has 0 fully saturated rings. The highest BCUT2D eigenvalue weighted by atomic mass is 32.1. The Morgan fingerprint density at radius 2 is 1.81 bits per heavy atom. The molecule has 1 aliphatic rings. The zero-order valence-corrected chi connectivity index (χ0v) is 21.7. The van der Waals surface area contributed by atoms with Crippen molar-refractivity contribution in [2.24, 2.45) is 4.99 Å². The number of hydrogen-bond donors (Lipinski definition) is 0. The number of nitrogens with zero attached hydrogens (tertiary/aromatic N) is 2. The Bertz CT molecular complexity index is 1480. The van der Waals surface area contributed by atoms with Crippen LogP contribution in [-0.2, 0) is 9.53 Å². The molecule has 36 heavy (non-hydrogen) atoms. The van der Waals surface area contributed by atoms with Crippen molar-refractivity contribution in [2.45, 2.75) is 26.8 Å². The molecule has 1 unspecified atom stereocenters. The number of fused-ring (bicyclic) bond motifs is 1. The van der Waals surface area contributed by atoms with Crippen molar-refractivity contribution in [1.29, 1.82) is 0 Å². The first-order chi connectivity index (χ1) is 17.4. The van der Waals surface area contributed by atoms with Crippen molar-refractivity contribution < 1.29 is 23.7 Å². The minimum atomic E-state index is -0.733. The molecule has 0 saturated heterocycles. The molecule has 0 aliphatic carbocycles.